The van der Waals surface area contributed by atoms with E-state index in [-0.39, 0.29) is 5.78 Å². The lowest BCUT2D eigenvalue weighted by molar-refractivity contribution is 0.0993. The SMILES string of the molecule is CCC(=O)c1sc(N(CC)CC2CC2)c(C2CC2)c1N. The summed E-state index contributed by atoms with van der Waals surface area (Å²) >= 11 is 1.64. The molecule has 2 saturated carbocycles. The van der Waals surface area contributed by atoms with Crippen molar-refractivity contribution in [3.8, 4) is 0 Å². The number of anilines is 2. The molecule has 0 bridgehead atoms. The van der Waals surface area contributed by atoms with Gasteiger partial charge in [0.1, 0.15) is 0 Å². The maximum absolute atomic E-state index is 12.1. The summed E-state index contributed by atoms with van der Waals surface area (Å²) in [6, 6.07) is 0. The number of nitrogen functional groups attached to an aromatic ring is 1. The first-order valence-electron chi connectivity index (χ1n) is 7.85. The number of ketones is 1. The lowest BCUT2D eigenvalue weighted by Gasteiger charge is -2.23. The summed E-state index contributed by atoms with van der Waals surface area (Å²) in [5.74, 6) is 1.66. The number of hydrogen-bond donors (Lipinski definition) is 1. The topological polar surface area (TPSA) is 46.3 Å². The Morgan fingerprint density at radius 3 is 2.50 bits per heavy atom. The summed E-state index contributed by atoms with van der Waals surface area (Å²) in [5, 5.41) is 1.29. The van der Waals surface area contributed by atoms with Crippen molar-refractivity contribution in [2.75, 3.05) is 23.7 Å². The van der Waals surface area contributed by atoms with Gasteiger partial charge in [0.25, 0.3) is 0 Å². The van der Waals surface area contributed by atoms with Crippen molar-refractivity contribution >= 4 is 27.8 Å². The second-order valence-corrected chi connectivity index (χ2v) is 7.10. The van der Waals surface area contributed by atoms with Crippen molar-refractivity contribution in [2.24, 2.45) is 5.92 Å². The number of hydrogen-bond acceptors (Lipinski definition) is 4. The molecule has 1 aromatic heterocycles. The van der Waals surface area contributed by atoms with E-state index in [1.54, 1.807) is 11.3 Å². The molecule has 2 N–H and O–H groups in total. The summed E-state index contributed by atoms with van der Waals surface area (Å²) in [7, 11) is 0. The highest BCUT2D eigenvalue weighted by Crippen LogP contribution is 2.52. The minimum absolute atomic E-state index is 0.197. The molecule has 2 fully saturated rings. The second kappa shape index (κ2) is 5.40. The maximum Gasteiger partial charge on any atom is 0.174 e. The fourth-order valence-electron chi connectivity index (χ4n) is 2.78. The fourth-order valence-corrected chi connectivity index (χ4v) is 4.17. The smallest absolute Gasteiger partial charge is 0.174 e. The fraction of sp³-hybridized carbons (Fsp3) is 0.688. The molecule has 4 heteroatoms. The van der Waals surface area contributed by atoms with Crippen molar-refractivity contribution in [3.05, 3.63) is 10.4 Å². The van der Waals surface area contributed by atoms with E-state index in [0.717, 1.165) is 29.6 Å². The molecular formula is C16H24N2OS. The zero-order valence-electron chi connectivity index (χ0n) is 12.4. The zero-order valence-corrected chi connectivity index (χ0v) is 13.3. The zero-order chi connectivity index (χ0) is 14.3. The summed E-state index contributed by atoms with van der Waals surface area (Å²) < 4.78 is 0. The van der Waals surface area contributed by atoms with E-state index >= 15 is 0 Å². The molecule has 1 aromatic rings. The Balaban J connectivity index is 1.96. The molecule has 0 atom stereocenters. The highest BCUT2D eigenvalue weighted by atomic mass is 32.1. The van der Waals surface area contributed by atoms with Gasteiger partial charge in [-0.2, -0.15) is 0 Å². The molecule has 0 unspecified atom stereocenters. The summed E-state index contributed by atoms with van der Waals surface area (Å²) in [4.78, 5) is 15.4. The Labute approximate surface area is 125 Å². The van der Waals surface area contributed by atoms with E-state index in [0.29, 0.717) is 12.3 Å². The van der Waals surface area contributed by atoms with Gasteiger partial charge < -0.3 is 10.6 Å². The molecule has 2 aliphatic rings. The van der Waals surface area contributed by atoms with E-state index in [1.165, 1.54) is 36.2 Å². The van der Waals surface area contributed by atoms with Gasteiger partial charge in [-0.25, -0.2) is 0 Å². The van der Waals surface area contributed by atoms with Gasteiger partial charge >= 0.3 is 0 Å². The monoisotopic (exact) mass is 292 g/mol. The standard InChI is InChI=1S/C16H24N2OS/c1-3-12(19)15-14(17)13(11-7-8-11)16(20-15)18(4-2)9-10-5-6-10/h10-11H,3-9,17H2,1-2H3. The van der Waals surface area contributed by atoms with Crippen LogP contribution in [0.1, 0.15) is 67.1 Å². The van der Waals surface area contributed by atoms with E-state index in [4.69, 9.17) is 5.73 Å². The molecule has 1 heterocycles. The average molecular weight is 292 g/mol. The van der Waals surface area contributed by atoms with Gasteiger partial charge in [-0.3, -0.25) is 4.79 Å². The molecule has 20 heavy (non-hydrogen) atoms. The minimum atomic E-state index is 0.197. The number of thiophene rings is 1. The van der Waals surface area contributed by atoms with Crippen LogP contribution in [0.25, 0.3) is 0 Å². The molecule has 0 aromatic carbocycles. The van der Waals surface area contributed by atoms with Crippen molar-refractivity contribution in [1.82, 2.24) is 0 Å². The van der Waals surface area contributed by atoms with Gasteiger partial charge in [-0.1, -0.05) is 6.92 Å². The van der Waals surface area contributed by atoms with E-state index < -0.39 is 0 Å². The average Bonchev–Trinajstić information content (AvgIpc) is 3.35. The Morgan fingerprint density at radius 2 is 2.00 bits per heavy atom. The van der Waals surface area contributed by atoms with Gasteiger partial charge in [0.2, 0.25) is 0 Å². The summed E-state index contributed by atoms with van der Waals surface area (Å²) in [6.07, 6.45) is 5.72. The van der Waals surface area contributed by atoms with Crippen LogP contribution in [-0.2, 0) is 0 Å². The summed E-state index contributed by atoms with van der Waals surface area (Å²) in [6.45, 7) is 6.27. The molecule has 2 aliphatic carbocycles. The molecular weight excluding hydrogens is 268 g/mol. The number of Topliss-reactive ketones (excluding diaryl/α,β-unsaturated/α-hetero) is 1. The van der Waals surface area contributed by atoms with Gasteiger partial charge in [0, 0.05) is 25.1 Å². The number of nitrogens with two attached hydrogens (primary N) is 1. The predicted molar refractivity (Wildman–Crippen MR) is 85.9 cm³/mol. The Hall–Kier alpha value is -1.03. The number of nitrogens with zero attached hydrogens (tertiary/aromatic N) is 1. The Morgan fingerprint density at radius 1 is 1.30 bits per heavy atom. The van der Waals surface area contributed by atoms with Gasteiger partial charge in [-0.05, 0) is 44.4 Å². The van der Waals surface area contributed by atoms with Crippen LogP contribution >= 0.6 is 11.3 Å². The maximum atomic E-state index is 12.1. The normalized spacial score (nSPS) is 18.3. The molecule has 110 valence electrons. The van der Waals surface area contributed by atoms with Gasteiger partial charge in [0.15, 0.2) is 5.78 Å². The second-order valence-electron chi connectivity index (χ2n) is 6.10. The Kier molecular flexibility index (Phi) is 3.76. The third kappa shape index (κ3) is 2.58. The molecule has 3 rings (SSSR count). The highest BCUT2D eigenvalue weighted by Gasteiger charge is 2.35. The highest BCUT2D eigenvalue weighted by molar-refractivity contribution is 7.19. The molecule has 0 spiro atoms. The van der Waals surface area contributed by atoms with Crippen LogP contribution < -0.4 is 10.6 Å². The van der Waals surface area contributed by atoms with Crippen LogP contribution in [0.2, 0.25) is 0 Å². The minimum Gasteiger partial charge on any atom is -0.397 e. The molecule has 3 nitrogen and oxygen atoms in total. The lowest BCUT2D eigenvalue weighted by atomic mass is 10.1. The quantitative estimate of drug-likeness (QED) is 0.772. The lowest BCUT2D eigenvalue weighted by Crippen LogP contribution is -2.25. The number of carbonyl (C=O) groups excluding carboxylic acids is 1. The third-order valence-corrected chi connectivity index (χ3v) is 5.69. The first-order chi connectivity index (χ1) is 9.65. The van der Waals surface area contributed by atoms with Crippen molar-refractivity contribution in [2.45, 2.75) is 51.9 Å². The predicted octanol–water partition coefficient (Wildman–Crippen LogP) is 4.04. The van der Waals surface area contributed by atoms with Gasteiger partial charge in [-0.15, -0.1) is 11.3 Å². The number of rotatable bonds is 7. The largest absolute Gasteiger partial charge is 0.397 e. The molecule has 0 saturated heterocycles. The van der Waals surface area contributed by atoms with Crippen LogP contribution in [0.4, 0.5) is 10.7 Å². The van der Waals surface area contributed by atoms with Crippen molar-refractivity contribution < 1.29 is 4.79 Å². The van der Waals surface area contributed by atoms with Crippen LogP contribution in [-0.4, -0.2) is 18.9 Å². The Bertz CT molecular complexity index is 515. The van der Waals surface area contributed by atoms with Crippen LogP contribution in [0, 0.1) is 5.92 Å². The van der Waals surface area contributed by atoms with Crippen molar-refractivity contribution in [1.29, 1.82) is 0 Å². The van der Waals surface area contributed by atoms with Crippen LogP contribution in [0.15, 0.2) is 0 Å². The van der Waals surface area contributed by atoms with Crippen LogP contribution in [0.5, 0.6) is 0 Å². The first kappa shape index (κ1) is 13.9. The first-order valence-corrected chi connectivity index (χ1v) is 8.67. The molecule has 0 amide bonds. The molecule has 0 radical (unpaired) electrons. The van der Waals surface area contributed by atoms with Gasteiger partial charge in [0.05, 0.1) is 15.6 Å². The van der Waals surface area contributed by atoms with E-state index in [1.807, 2.05) is 6.92 Å². The number of carbonyl (C=O) groups is 1. The summed E-state index contributed by atoms with van der Waals surface area (Å²) in [5.41, 5.74) is 8.40. The van der Waals surface area contributed by atoms with Crippen molar-refractivity contribution in [3.63, 3.8) is 0 Å². The van der Waals surface area contributed by atoms with E-state index in [9.17, 15) is 4.79 Å². The molecule has 0 aliphatic heterocycles. The van der Waals surface area contributed by atoms with Crippen LogP contribution in [0.3, 0.4) is 0 Å². The van der Waals surface area contributed by atoms with E-state index in [2.05, 4.69) is 11.8 Å². The third-order valence-electron chi connectivity index (χ3n) is 4.37.